The first-order chi connectivity index (χ1) is 5.84. The molecule has 1 rings (SSSR count). The number of alkyl halides is 3. The van der Waals surface area contributed by atoms with Crippen LogP contribution in [-0.4, -0.2) is 5.11 Å². The van der Waals surface area contributed by atoms with Gasteiger partial charge in [0.1, 0.15) is 5.75 Å². The van der Waals surface area contributed by atoms with Crippen LogP contribution >= 0.6 is 0 Å². The van der Waals surface area contributed by atoms with Gasteiger partial charge in [0.2, 0.25) is 0 Å². The van der Waals surface area contributed by atoms with Gasteiger partial charge in [0, 0.05) is 11.3 Å². The average molecular weight is 191 g/mol. The van der Waals surface area contributed by atoms with Crippen molar-refractivity contribution in [3.05, 3.63) is 23.3 Å². The molecule has 0 fully saturated rings. The Labute approximate surface area is 72.8 Å². The fourth-order valence-corrected chi connectivity index (χ4v) is 1.10. The van der Waals surface area contributed by atoms with Gasteiger partial charge in [-0.1, -0.05) is 0 Å². The van der Waals surface area contributed by atoms with E-state index in [2.05, 4.69) is 0 Å². The summed E-state index contributed by atoms with van der Waals surface area (Å²) < 4.78 is 36.9. The van der Waals surface area contributed by atoms with Gasteiger partial charge < -0.3 is 10.8 Å². The lowest BCUT2D eigenvalue weighted by Gasteiger charge is -2.13. The molecule has 0 amide bonds. The van der Waals surface area contributed by atoms with E-state index in [1.807, 2.05) is 0 Å². The lowest BCUT2D eigenvalue weighted by Crippen LogP contribution is -2.11. The van der Waals surface area contributed by atoms with E-state index >= 15 is 0 Å². The Hall–Kier alpha value is -1.39. The van der Waals surface area contributed by atoms with E-state index in [0.717, 1.165) is 12.1 Å². The lowest BCUT2D eigenvalue weighted by atomic mass is 10.1. The van der Waals surface area contributed by atoms with Gasteiger partial charge >= 0.3 is 6.18 Å². The van der Waals surface area contributed by atoms with Crippen LogP contribution in [0.3, 0.4) is 0 Å². The maximum atomic E-state index is 12.3. The summed E-state index contributed by atoms with van der Waals surface area (Å²) in [5, 5.41) is 9.03. The summed E-state index contributed by atoms with van der Waals surface area (Å²) >= 11 is 0. The number of aromatic hydroxyl groups is 1. The Morgan fingerprint density at radius 2 is 1.85 bits per heavy atom. The second-order valence-electron chi connectivity index (χ2n) is 2.67. The van der Waals surface area contributed by atoms with Gasteiger partial charge in [-0.25, -0.2) is 0 Å². The molecule has 3 N–H and O–H groups in total. The van der Waals surface area contributed by atoms with Crippen molar-refractivity contribution < 1.29 is 18.3 Å². The molecule has 0 aromatic heterocycles. The topological polar surface area (TPSA) is 46.2 Å². The molecule has 2 nitrogen and oxygen atoms in total. The highest BCUT2D eigenvalue weighted by Crippen LogP contribution is 2.38. The second-order valence-corrected chi connectivity index (χ2v) is 2.67. The quantitative estimate of drug-likeness (QED) is 0.488. The van der Waals surface area contributed by atoms with Crippen LogP contribution in [-0.2, 0) is 6.18 Å². The first-order valence-corrected chi connectivity index (χ1v) is 3.49. The zero-order valence-electron chi connectivity index (χ0n) is 6.81. The van der Waals surface area contributed by atoms with Crippen LogP contribution < -0.4 is 5.73 Å². The molecule has 0 spiro atoms. The highest BCUT2D eigenvalue weighted by atomic mass is 19.4. The van der Waals surface area contributed by atoms with E-state index < -0.39 is 17.5 Å². The summed E-state index contributed by atoms with van der Waals surface area (Å²) in [6.07, 6.45) is -4.52. The number of halogens is 3. The molecule has 0 aliphatic heterocycles. The number of hydrogen-bond acceptors (Lipinski definition) is 2. The minimum absolute atomic E-state index is 0.243. The van der Waals surface area contributed by atoms with Crippen molar-refractivity contribution in [2.24, 2.45) is 0 Å². The molecule has 0 radical (unpaired) electrons. The van der Waals surface area contributed by atoms with Crippen LogP contribution in [0.4, 0.5) is 18.9 Å². The maximum Gasteiger partial charge on any atom is 0.418 e. The van der Waals surface area contributed by atoms with E-state index in [-0.39, 0.29) is 11.3 Å². The van der Waals surface area contributed by atoms with Crippen LogP contribution in [0, 0.1) is 6.92 Å². The van der Waals surface area contributed by atoms with Gasteiger partial charge in [-0.3, -0.25) is 0 Å². The zero-order chi connectivity index (χ0) is 10.2. The van der Waals surface area contributed by atoms with E-state index in [1.165, 1.54) is 6.92 Å². The van der Waals surface area contributed by atoms with E-state index in [0.29, 0.717) is 0 Å². The van der Waals surface area contributed by atoms with E-state index in [1.54, 1.807) is 0 Å². The normalized spacial score (nSPS) is 11.7. The highest BCUT2D eigenvalue weighted by molar-refractivity contribution is 5.56. The standard InChI is InChI=1S/C8H8F3NO/c1-4-6(13)3-2-5(12)7(4)8(9,10)11/h2-3,13H,12H2,1H3. The van der Waals surface area contributed by atoms with Crippen molar-refractivity contribution in [3.8, 4) is 5.75 Å². The Morgan fingerprint density at radius 1 is 1.31 bits per heavy atom. The third-order valence-corrected chi connectivity index (χ3v) is 1.75. The van der Waals surface area contributed by atoms with Crippen molar-refractivity contribution in [2.45, 2.75) is 13.1 Å². The number of nitrogens with two attached hydrogens (primary N) is 1. The molecular weight excluding hydrogens is 183 g/mol. The van der Waals surface area contributed by atoms with Gasteiger partial charge in [0.25, 0.3) is 0 Å². The summed E-state index contributed by atoms with van der Waals surface area (Å²) in [4.78, 5) is 0. The van der Waals surface area contributed by atoms with Crippen molar-refractivity contribution in [1.29, 1.82) is 0 Å². The molecule has 1 aromatic rings. The van der Waals surface area contributed by atoms with Crippen LogP contribution in [0.2, 0.25) is 0 Å². The Morgan fingerprint density at radius 3 is 2.23 bits per heavy atom. The van der Waals surface area contributed by atoms with Gasteiger partial charge in [-0.05, 0) is 19.1 Å². The summed E-state index contributed by atoms with van der Waals surface area (Å²) in [6, 6.07) is 2.17. The van der Waals surface area contributed by atoms with Gasteiger partial charge in [-0.2, -0.15) is 13.2 Å². The third-order valence-electron chi connectivity index (χ3n) is 1.75. The molecule has 13 heavy (non-hydrogen) atoms. The number of nitrogen functional groups attached to an aromatic ring is 1. The summed E-state index contributed by atoms with van der Waals surface area (Å²) in [5.74, 6) is -0.401. The monoisotopic (exact) mass is 191 g/mol. The fourth-order valence-electron chi connectivity index (χ4n) is 1.10. The first-order valence-electron chi connectivity index (χ1n) is 3.49. The fraction of sp³-hybridized carbons (Fsp3) is 0.250. The SMILES string of the molecule is Cc1c(O)ccc(N)c1C(F)(F)F. The highest BCUT2D eigenvalue weighted by Gasteiger charge is 2.35. The second kappa shape index (κ2) is 2.83. The molecule has 0 unspecified atom stereocenters. The van der Waals surface area contributed by atoms with Crippen LogP contribution in [0.1, 0.15) is 11.1 Å². The summed E-state index contributed by atoms with van der Waals surface area (Å²) in [5.41, 5.74) is 3.56. The molecule has 0 heterocycles. The van der Waals surface area contributed by atoms with Crippen molar-refractivity contribution in [2.75, 3.05) is 5.73 Å². The van der Waals surface area contributed by atoms with Gasteiger partial charge in [0.15, 0.2) is 0 Å². The number of rotatable bonds is 0. The van der Waals surface area contributed by atoms with Crippen molar-refractivity contribution in [3.63, 3.8) is 0 Å². The van der Waals surface area contributed by atoms with E-state index in [9.17, 15) is 13.2 Å². The molecule has 0 saturated carbocycles. The predicted octanol–water partition coefficient (Wildman–Crippen LogP) is 2.30. The number of benzene rings is 1. The van der Waals surface area contributed by atoms with Crippen LogP contribution in [0.15, 0.2) is 12.1 Å². The smallest absolute Gasteiger partial charge is 0.418 e. The summed E-state index contributed by atoms with van der Waals surface area (Å²) in [6.45, 7) is 1.18. The molecule has 0 bridgehead atoms. The molecule has 0 aliphatic carbocycles. The number of phenolic OH excluding ortho intramolecular Hbond substituents is 1. The zero-order valence-corrected chi connectivity index (χ0v) is 6.81. The maximum absolute atomic E-state index is 12.3. The largest absolute Gasteiger partial charge is 0.508 e. The predicted molar refractivity (Wildman–Crippen MR) is 42.3 cm³/mol. The number of hydrogen-bond donors (Lipinski definition) is 2. The summed E-state index contributed by atoms with van der Waals surface area (Å²) in [7, 11) is 0. The van der Waals surface area contributed by atoms with Crippen LogP contribution in [0.25, 0.3) is 0 Å². The Kier molecular flexibility index (Phi) is 2.11. The van der Waals surface area contributed by atoms with Crippen LogP contribution in [0.5, 0.6) is 5.75 Å². The minimum Gasteiger partial charge on any atom is -0.508 e. The first kappa shape index (κ1) is 9.70. The molecule has 1 aromatic carbocycles. The molecule has 72 valence electrons. The van der Waals surface area contributed by atoms with Crippen molar-refractivity contribution in [1.82, 2.24) is 0 Å². The molecule has 5 heteroatoms. The van der Waals surface area contributed by atoms with Crippen molar-refractivity contribution >= 4 is 5.69 Å². The Balaban J connectivity index is 3.43. The van der Waals surface area contributed by atoms with Gasteiger partial charge in [0.05, 0.1) is 5.56 Å². The van der Waals surface area contributed by atoms with E-state index in [4.69, 9.17) is 10.8 Å². The molecule has 0 atom stereocenters. The number of phenols is 1. The molecule has 0 aliphatic rings. The molecular formula is C8H8F3NO. The van der Waals surface area contributed by atoms with Gasteiger partial charge in [-0.15, -0.1) is 0 Å². The average Bonchev–Trinajstić information content (AvgIpc) is 1.95. The number of anilines is 1. The minimum atomic E-state index is -4.52. The Bertz CT molecular complexity index is 333. The molecule has 0 saturated heterocycles. The lowest BCUT2D eigenvalue weighted by molar-refractivity contribution is -0.137. The third kappa shape index (κ3) is 1.68.